The smallest absolute Gasteiger partial charge is 0.125 e. The second kappa shape index (κ2) is 9.36. The number of benzene rings is 2. The predicted molar refractivity (Wildman–Crippen MR) is 111 cm³/mol. The van der Waals surface area contributed by atoms with Gasteiger partial charge in [0.15, 0.2) is 0 Å². The number of anilines is 1. The zero-order valence-electron chi connectivity index (χ0n) is 16.3. The maximum absolute atomic E-state index is 13.2. The monoisotopic (exact) mass is 368 g/mol. The average molecular weight is 368 g/mol. The Labute approximate surface area is 161 Å². The number of hydrogen-bond donors (Lipinski definition) is 3. The molecule has 0 saturated heterocycles. The fraction of sp³-hybridized carbons (Fsp3) is 0.348. The minimum atomic E-state index is -0.720. The molecule has 3 nitrogen and oxygen atoms in total. The highest BCUT2D eigenvalue weighted by molar-refractivity contribution is 6.02. The van der Waals surface area contributed by atoms with E-state index in [1.54, 1.807) is 18.2 Å². The van der Waals surface area contributed by atoms with Gasteiger partial charge in [0.25, 0.3) is 0 Å². The lowest BCUT2D eigenvalue weighted by atomic mass is 9.82. The summed E-state index contributed by atoms with van der Waals surface area (Å²) in [7, 11) is 0. The summed E-state index contributed by atoms with van der Waals surface area (Å²) in [5.74, 6) is -0.256. The van der Waals surface area contributed by atoms with Crippen molar-refractivity contribution < 1.29 is 9.50 Å². The quantitative estimate of drug-likeness (QED) is 0.477. The van der Waals surface area contributed by atoms with Gasteiger partial charge in [-0.3, -0.25) is 0 Å². The van der Waals surface area contributed by atoms with E-state index in [0.717, 1.165) is 24.9 Å². The average Bonchev–Trinajstić information content (AvgIpc) is 3.34. The number of halogens is 1. The number of nitrogens with one attached hydrogen (secondary N) is 2. The molecule has 1 aliphatic carbocycles. The van der Waals surface area contributed by atoms with E-state index in [1.807, 2.05) is 44.2 Å². The minimum absolute atomic E-state index is 0.210. The van der Waals surface area contributed by atoms with Crippen LogP contribution in [0.1, 0.15) is 45.6 Å². The van der Waals surface area contributed by atoms with Crippen LogP contribution < -0.4 is 5.32 Å². The molecule has 0 fully saturated rings. The first kappa shape index (κ1) is 20.7. The third-order valence-corrected chi connectivity index (χ3v) is 4.73. The number of rotatable bonds is 8. The fourth-order valence-corrected chi connectivity index (χ4v) is 3.24. The van der Waals surface area contributed by atoms with Crippen LogP contribution in [0.2, 0.25) is 0 Å². The van der Waals surface area contributed by atoms with Gasteiger partial charge < -0.3 is 15.8 Å². The van der Waals surface area contributed by atoms with Gasteiger partial charge in [-0.1, -0.05) is 63.9 Å². The highest BCUT2D eigenvalue weighted by Crippen LogP contribution is 2.45. The summed E-state index contributed by atoms with van der Waals surface area (Å²) < 4.78 is 13.2. The summed E-state index contributed by atoms with van der Waals surface area (Å²) in [6.07, 6.45) is 4.51. The summed E-state index contributed by atoms with van der Waals surface area (Å²) in [5.41, 5.74) is 1.28. The lowest BCUT2D eigenvalue weighted by Crippen LogP contribution is -2.40. The first-order valence-corrected chi connectivity index (χ1v) is 9.66. The largest absolute Gasteiger partial charge is 0.510 e. The van der Waals surface area contributed by atoms with Crippen molar-refractivity contribution in [1.82, 2.24) is 0 Å². The van der Waals surface area contributed by atoms with Crippen molar-refractivity contribution >= 4 is 11.4 Å². The summed E-state index contributed by atoms with van der Waals surface area (Å²) in [6.45, 7) is 6.11. The van der Waals surface area contributed by atoms with Crippen LogP contribution in [0, 0.1) is 17.1 Å². The van der Waals surface area contributed by atoms with Crippen molar-refractivity contribution in [2.45, 2.75) is 45.6 Å². The topological polar surface area (TPSA) is 56.1 Å². The van der Waals surface area contributed by atoms with E-state index >= 15 is 0 Å². The number of aliphatic hydroxyl groups is 1. The normalized spacial score (nSPS) is 18.6. The Kier molecular flexibility index (Phi) is 7.17. The first-order valence-electron chi connectivity index (χ1n) is 9.66. The van der Waals surface area contributed by atoms with Crippen LogP contribution in [0.5, 0.6) is 0 Å². The SMILES string of the molecule is CC.CCCCC(C(=N)c1ccc(F)cc1)C1(Nc2ccccc2)C=C1O. The van der Waals surface area contributed by atoms with Crippen molar-refractivity contribution in [3.63, 3.8) is 0 Å². The molecule has 2 unspecified atom stereocenters. The van der Waals surface area contributed by atoms with Crippen molar-refractivity contribution in [1.29, 1.82) is 5.41 Å². The van der Waals surface area contributed by atoms with E-state index in [9.17, 15) is 9.50 Å². The molecule has 2 aromatic carbocycles. The molecule has 0 aromatic heterocycles. The van der Waals surface area contributed by atoms with Gasteiger partial charge in [-0.05, 0) is 42.3 Å². The number of para-hydroxylation sites is 1. The fourth-order valence-electron chi connectivity index (χ4n) is 3.24. The second-order valence-corrected chi connectivity index (χ2v) is 6.51. The first-order chi connectivity index (χ1) is 13.1. The van der Waals surface area contributed by atoms with Crippen molar-refractivity contribution in [2.24, 2.45) is 5.92 Å². The van der Waals surface area contributed by atoms with Crippen LogP contribution >= 0.6 is 0 Å². The van der Waals surface area contributed by atoms with Gasteiger partial charge in [-0.25, -0.2) is 4.39 Å². The van der Waals surface area contributed by atoms with Gasteiger partial charge >= 0.3 is 0 Å². The molecular weight excluding hydrogens is 339 g/mol. The van der Waals surface area contributed by atoms with E-state index < -0.39 is 5.54 Å². The Morgan fingerprint density at radius 3 is 2.22 bits per heavy atom. The molecule has 2 atom stereocenters. The highest BCUT2D eigenvalue weighted by Gasteiger charge is 2.52. The Morgan fingerprint density at radius 1 is 1.11 bits per heavy atom. The maximum Gasteiger partial charge on any atom is 0.125 e. The lowest BCUT2D eigenvalue weighted by molar-refractivity contribution is 0.365. The van der Waals surface area contributed by atoms with Gasteiger partial charge in [-0.15, -0.1) is 0 Å². The van der Waals surface area contributed by atoms with Gasteiger partial charge in [0.05, 0.1) is 0 Å². The molecule has 3 rings (SSSR count). The molecule has 0 amide bonds. The third kappa shape index (κ3) is 4.76. The van der Waals surface area contributed by atoms with Crippen LogP contribution in [0.4, 0.5) is 10.1 Å². The number of hydrogen-bond acceptors (Lipinski definition) is 3. The number of unbranched alkanes of at least 4 members (excludes halogenated alkanes) is 1. The zero-order chi connectivity index (χ0) is 19.9. The standard InChI is InChI=1S/C21H23FN2O.C2H6/c1-2-3-9-18(20(23)15-10-12-16(22)13-11-15)21(14-19(21)25)24-17-7-5-4-6-8-17;1-2/h4-8,10-14,18,23-25H,2-3,9H2,1H3;1-2H3. The van der Waals surface area contributed by atoms with Crippen molar-refractivity contribution in [3.8, 4) is 0 Å². The molecule has 1 aliphatic rings. The van der Waals surface area contributed by atoms with E-state index in [0.29, 0.717) is 11.3 Å². The van der Waals surface area contributed by atoms with E-state index in [1.165, 1.54) is 12.1 Å². The molecule has 4 heteroatoms. The maximum atomic E-state index is 13.2. The van der Waals surface area contributed by atoms with Gasteiger partial charge in [0.1, 0.15) is 17.1 Å². The lowest BCUT2D eigenvalue weighted by Gasteiger charge is -2.30. The molecule has 0 saturated carbocycles. The summed E-state index contributed by atoms with van der Waals surface area (Å²) in [4.78, 5) is 0. The molecule has 0 bridgehead atoms. The highest BCUT2D eigenvalue weighted by atomic mass is 19.1. The molecule has 0 spiro atoms. The number of aliphatic hydroxyl groups excluding tert-OH is 1. The minimum Gasteiger partial charge on any atom is -0.510 e. The zero-order valence-corrected chi connectivity index (χ0v) is 16.3. The summed E-state index contributed by atoms with van der Waals surface area (Å²) in [6, 6.07) is 15.7. The molecule has 144 valence electrons. The van der Waals surface area contributed by atoms with Gasteiger partial charge in [0.2, 0.25) is 0 Å². The molecule has 0 radical (unpaired) electrons. The van der Waals surface area contributed by atoms with E-state index in [2.05, 4.69) is 12.2 Å². The predicted octanol–water partition coefficient (Wildman–Crippen LogP) is 6.33. The van der Waals surface area contributed by atoms with E-state index in [-0.39, 0.29) is 17.5 Å². The molecule has 0 aliphatic heterocycles. The summed E-state index contributed by atoms with van der Waals surface area (Å²) in [5, 5.41) is 22.4. The molecule has 0 heterocycles. The van der Waals surface area contributed by atoms with Gasteiger partial charge in [0, 0.05) is 17.3 Å². The van der Waals surface area contributed by atoms with E-state index in [4.69, 9.17) is 5.41 Å². The van der Waals surface area contributed by atoms with Crippen LogP contribution in [0.25, 0.3) is 0 Å². The molecule has 2 aromatic rings. The molecule has 27 heavy (non-hydrogen) atoms. The third-order valence-electron chi connectivity index (χ3n) is 4.73. The Balaban J connectivity index is 0.00000126. The van der Waals surface area contributed by atoms with Crippen molar-refractivity contribution in [3.05, 3.63) is 77.8 Å². The van der Waals surface area contributed by atoms with Crippen LogP contribution in [0.3, 0.4) is 0 Å². The summed E-state index contributed by atoms with van der Waals surface area (Å²) >= 11 is 0. The molecular formula is C23H29FN2O. The van der Waals surface area contributed by atoms with Crippen molar-refractivity contribution in [2.75, 3.05) is 5.32 Å². The Hall–Kier alpha value is -2.62. The Morgan fingerprint density at radius 2 is 1.70 bits per heavy atom. The Bertz CT molecular complexity index is 771. The van der Waals surface area contributed by atoms with Gasteiger partial charge in [-0.2, -0.15) is 0 Å². The second-order valence-electron chi connectivity index (χ2n) is 6.51. The molecule has 3 N–H and O–H groups in total. The van der Waals surface area contributed by atoms with Crippen LogP contribution in [-0.4, -0.2) is 16.4 Å². The van der Waals surface area contributed by atoms with Crippen LogP contribution in [0.15, 0.2) is 66.4 Å². The van der Waals surface area contributed by atoms with Crippen LogP contribution in [-0.2, 0) is 0 Å².